The second-order valence-electron chi connectivity index (χ2n) is 16.1. The highest BCUT2D eigenvalue weighted by atomic mass is 32.2. The van der Waals surface area contributed by atoms with E-state index in [-0.39, 0.29) is 34.8 Å². The quantitative estimate of drug-likeness (QED) is 0.199. The lowest BCUT2D eigenvalue weighted by Crippen LogP contribution is -2.54. The molecule has 0 aromatic heterocycles. The van der Waals surface area contributed by atoms with Crippen LogP contribution >= 0.6 is 0 Å². The Balaban J connectivity index is 0.777. The van der Waals surface area contributed by atoms with E-state index in [4.69, 9.17) is 4.74 Å². The predicted molar refractivity (Wildman–Crippen MR) is 231 cm³/mol. The molecule has 5 aromatic carbocycles. The Morgan fingerprint density at radius 3 is 2.15 bits per heavy atom. The van der Waals surface area contributed by atoms with E-state index in [1.807, 2.05) is 65.6 Å². The topological polar surface area (TPSA) is 160 Å². The van der Waals surface area contributed by atoms with E-state index in [1.54, 1.807) is 41.3 Å². The third-order valence-corrected chi connectivity index (χ3v) is 13.3. The van der Waals surface area contributed by atoms with E-state index in [2.05, 4.69) is 20.0 Å². The number of phenolic OH excluding ortho intramolecular Hbond substituents is 1. The van der Waals surface area contributed by atoms with Crippen molar-refractivity contribution in [3.63, 3.8) is 0 Å². The molecule has 0 radical (unpaired) electrons. The van der Waals surface area contributed by atoms with Crippen LogP contribution in [0.4, 0.5) is 11.4 Å². The van der Waals surface area contributed by atoms with Gasteiger partial charge in [0, 0.05) is 99.5 Å². The average Bonchev–Trinajstić information content (AvgIpc) is 3.58. The van der Waals surface area contributed by atoms with E-state index in [0.29, 0.717) is 62.8 Å². The van der Waals surface area contributed by atoms with Crippen molar-refractivity contribution in [3.05, 3.63) is 108 Å². The molecule has 61 heavy (non-hydrogen) atoms. The number of hydrogen-bond acceptors (Lipinski definition) is 11. The van der Waals surface area contributed by atoms with Crippen LogP contribution in [0.2, 0.25) is 0 Å². The highest BCUT2D eigenvalue weighted by Gasteiger charge is 2.39. The molecule has 2 N–H and O–H groups in total. The number of amides is 4. The van der Waals surface area contributed by atoms with Gasteiger partial charge >= 0.3 is 0 Å². The number of carbonyl (C=O) groups is 4. The Morgan fingerprint density at radius 1 is 0.770 bits per heavy atom. The first-order chi connectivity index (χ1) is 29.4. The summed E-state index contributed by atoms with van der Waals surface area (Å²) in [7, 11) is -3.35. The Morgan fingerprint density at radius 2 is 1.44 bits per heavy atom. The van der Waals surface area contributed by atoms with Crippen molar-refractivity contribution < 1.29 is 37.4 Å². The van der Waals surface area contributed by atoms with Gasteiger partial charge in [-0.2, -0.15) is 0 Å². The van der Waals surface area contributed by atoms with Gasteiger partial charge in [0.15, 0.2) is 9.84 Å². The first-order valence-corrected chi connectivity index (χ1v) is 22.4. The molecular formula is C46H46N6O8S. The lowest BCUT2D eigenvalue weighted by atomic mass is 9.99. The van der Waals surface area contributed by atoms with Gasteiger partial charge in [-0.25, -0.2) is 8.42 Å². The van der Waals surface area contributed by atoms with Crippen LogP contribution in [-0.4, -0.2) is 123 Å². The number of imide groups is 1. The Labute approximate surface area is 353 Å². The summed E-state index contributed by atoms with van der Waals surface area (Å²) in [5.74, 6) is 0.568. The van der Waals surface area contributed by atoms with Crippen molar-refractivity contribution in [2.45, 2.75) is 30.3 Å². The molecule has 4 aliphatic heterocycles. The number of piperazine rings is 2. The SMILES string of the molecule is CS(=O)(=O)c1ccc(-c2ccc3cc(O)ccc3c2Oc2ccc(N3CCN(CC(=O)N4CCN(c5ccc6c(c5)CN(C5CCC(=O)NC5=O)C6=O)CC4)CC3)cc2)cc1. The monoisotopic (exact) mass is 842 g/mol. The molecule has 0 aliphatic carbocycles. The number of phenols is 1. The van der Waals surface area contributed by atoms with E-state index >= 15 is 0 Å². The van der Waals surface area contributed by atoms with Crippen LogP contribution in [0.5, 0.6) is 17.2 Å². The van der Waals surface area contributed by atoms with Gasteiger partial charge in [0.2, 0.25) is 17.7 Å². The number of fused-ring (bicyclic) bond motifs is 2. The molecule has 4 heterocycles. The largest absolute Gasteiger partial charge is 0.508 e. The number of rotatable bonds is 9. The highest BCUT2D eigenvalue weighted by Crippen LogP contribution is 2.41. The summed E-state index contributed by atoms with van der Waals surface area (Å²) >= 11 is 0. The van der Waals surface area contributed by atoms with E-state index < -0.39 is 21.8 Å². The van der Waals surface area contributed by atoms with Gasteiger partial charge in [0.05, 0.1) is 11.4 Å². The summed E-state index contributed by atoms with van der Waals surface area (Å²) in [5, 5.41) is 14.1. The van der Waals surface area contributed by atoms with Crippen molar-refractivity contribution in [2.24, 2.45) is 0 Å². The van der Waals surface area contributed by atoms with Gasteiger partial charge in [-0.1, -0.05) is 18.2 Å². The van der Waals surface area contributed by atoms with Gasteiger partial charge in [-0.3, -0.25) is 29.4 Å². The van der Waals surface area contributed by atoms with Gasteiger partial charge in [-0.15, -0.1) is 0 Å². The number of ether oxygens (including phenoxy) is 1. The number of anilines is 2. The fourth-order valence-electron chi connectivity index (χ4n) is 8.78. The number of sulfone groups is 1. The first-order valence-electron chi connectivity index (χ1n) is 20.5. The predicted octanol–water partition coefficient (Wildman–Crippen LogP) is 4.64. The molecular weight excluding hydrogens is 797 g/mol. The summed E-state index contributed by atoms with van der Waals surface area (Å²) in [6, 6.07) is 28.7. The second-order valence-corrected chi connectivity index (χ2v) is 18.1. The molecule has 1 unspecified atom stereocenters. The maximum atomic E-state index is 13.4. The molecule has 4 amide bonds. The molecule has 0 saturated carbocycles. The standard InChI is InChI=1S/C46H46N6O8S/c1-61(58,59)37-11-2-30(3-12-37)38-13-4-31-27-35(53)8-15-39(31)44(38)60-36-9-5-33(6-10-36)49-20-18-48(19-21-49)29-43(55)51-24-22-50(23-25-51)34-7-14-40-32(26-34)28-52(46(40)57)41-16-17-42(54)47-45(41)56/h2-15,26-27,41,53H,16-25,28-29H2,1H3,(H,47,54,56). The number of aromatic hydroxyl groups is 1. The maximum absolute atomic E-state index is 13.4. The molecule has 1 atom stereocenters. The Bertz CT molecular complexity index is 2660. The van der Waals surface area contributed by atoms with Gasteiger partial charge in [0.25, 0.3) is 5.91 Å². The minimum Gasteiger partial charge on any atom is -0.508 e. The van der Waals surface area contributed by atoms with Crippen molar-refractivity contribution in [1.82, 2.24) is 20.0 Å². The molecule has 3 fully saturated rings. The Hall–Kier alpha value is -6.45. The fraction of sp³-hybridized carbons (Fsp3) is 0.304. The third-order valence-electron chi connectivity index (χ3n) is 12.2. The summed E-state index contributed by atoms with van der Waals surface area (Å²) in [4.78, 5) is 61.1. The number of hydrogen-bond donors (Lipinski definition) is 2. The summed E-state index contributed by atoms with van der Waals surface area (Å²) in [5.41, 5.74) is 5.07. The highest BCUT2D eigenvalue weighted by molar-refractivity contribution is 7.90. The molecule has 4 aliphatic rings. The van der Waals surface area contributed by atoms with Crippen LogP contribution in [0.1, 0.15) is 28.8 Å². The van der Waals surface area contributed by atoms with Crippen LogP contribution in [0.25, 0.3) is 21.9 Å². The van der Waals surface area contributed by atoms with Crippen LogP contribution < -0.4 is 19.9 Å². The molecule has 9 rings (SSSR count). The van der Waals surface area contributed by atoms with Gasteiger partial charge in [-0.05, 0) is 102 Å². The van der Waals surface area contributed by atoms with Crippen LogP contribution in [-0.2, 0) is 30.8 Å². The van der Waals surface area contributed by atoms with E-state index in [0.717, 1.165) is 65.0 Å². The summed E-state index contributed by atoms with van der Waals surface area (Å²) in [6.07, 6.45) is 1.73. The molecule has 3 saturated heterocycles. The van der Waals surface area contributed by atoms with Crippen molar-refractivity contribution >= 4 is 55.6 Å². The smallest absolute Gasteiger partial charge is 0.255 e. The van der Waals surface area contributed by atoms with Gasteiger partial charge in [0.1, 0.15) is 23.3 Å². The van der Waals surface area contributed by atoms with Gasteiger partial charge < -0.3 is 29.4 Å². The number of carbonyl (C=O) groups excluding carboxylic acids is 4. The summed E-state index contributed by atoms with van der Waals surface area (Å²) < 4.78 is 30.7. The third kappa shape index (κ3) is 8.22. The zero-order chi connectivity index (χ0) is 42.4. The molecule has 14 nitrogen and oxygen atoms in total. The van der Waals surface area contributed by atoms with Crippen molar-refractivity contribution in [3.8, 4) is 28.4 Å². The number of nitrogens with one attached hydrogen (secondary N) is 1. The minimum atomic E-state index is -3.35. The second kappa shape index (κ2) is 16.2. The average molecular weight is 843 g/mol. The zero-order valence-electron chi connectivity index (χ0n) is 33.7. The van der Waals surface area contributed by atoms with E-state index in [1.165, 1.54) is 6.26 Å². The van der Waals surface area contributed by atoms with Crippen molar-refractivity contribution in [1.29, 1.82) is 0 Å². The summed E-state index contributed by atoms with van der Waals surface area (Å²) in [6.45, 7) is 6.27. The molecule has 0 bridgehead atoms. The maximum Gasteiger partial charge on any atom is 0.255 e. The van der Waals surface area contributed by atoms with E-state index in [9.17, 15) is 32.7 Å². The molecule has 5 aromatic rings. The number of nitrogens with zero attached hydrogens (tertiary/aromatic N) is 5. The van der Waals surface area contributed by atoms with Crippen LogP contribution in [0.3, 0.4) is 0 Å². The van der Waals surface area contributed by atoms with Crippen LogP contribution in [0.15, 0.2) is 102 Å². The fourth-order valence-corrected chi connectivity index (χ4v) is 9.41. The lowest BCUT2D eigenvalue weighted by molar-refractivity contribution is -0.137. The number of benzene rings is 5. The molecule has 0 spiro atoms. The molecule has 15 heteroatoms. The molecule has 314 valence electrons. The minimum absolute atomic E-state index is 0.114. The van der Waals surface area contributed by atoms with Crippen LogP contribution in [0, 0.1) is 0 Å². The number of piperidine rings is 1. The lowest BCUT2D eigenvalue weighted by Gasteiger charge is -2.39. The zero-order valence-corrected chi connectivity index (χ0v) is 34.6. The van der Waals surface area contributed by atoms with Crippen molar-refractivity contribution in [2.75, 3.05) is 75.0 Å². The Kier molecular flexibility index (Phi) is 10.6. The first kappa shape index (κ1) is 40.0. The normalized spacial score (nSPS) is 18.7.